The Hall–Kier alpha value is -1.32. The van der Waals surface area contributed by atoms with Gasteiger partial charge in [-0.2, -0.15) is 0 Å². The molecule has 1 rings (SSSR count). The van der Waals surface area contributed by atoms with Crippen molar-refractivity contribution >= 4 is 15.7 Å². The minimum Gasteiger partial charge on any atom is -0.395 e. The van der Waals surface area contributed by atoms with Crippen LogP contribution in [0.25, 0.3) is 0 Å². The number of anilines is 1. The molecule has 0 unspecified atom stereocenters. The van der Waals surface area contributed by atoms with Crippen LogP contribution in [0.15, 0.2) is 23.1 Å². The van der Waals surface area contributed by atoms with E-state index in [0.717, 1.165) is 17.0 Å². The van der Waals surface area contributed by atoms with Crippen LogP contribution in [-0.2, 0) is 10.0 Å². The maximum Gasteiger partial charge on any atom is 0.255 e. The molecule has 19 heavy (non-hydrogen) atoms. The Morgan fingerprint density at radius 3 is 2.42 bits per heavy atom. The van der Waals surface area contributed by atoms with Crippen molar-refractivity contribution in [2.45, 2.75) is 11.3 Å². The van der Waals surface area contributed by atoms with Crippen LogP contribution in [0, 0.1) is 5.82 Å². The fourth-order valence-corrected chi connectivity index (χ4v) is 2.04. The summed E-state index contributed by atoms with van der Waals surface area (Å²) in [5.41, 5.74) is -0.221. The molecule has 0 atom stereocenters. The van der Waals surface area contributed by atoms with Gasteiger partial charge >= 0.3 is 0 Å². The zero-order valence-electron chi connectivity index (χ0n) is 9.76. The average Bonchev–Trinajstić information content (AvgIpc) is 2.26. The topological polar surface area (TPSA) is 83.6 Å². The van der Waals surface area contributed by atoms with Crippen LogP contribution in [0.5, 0.6) is 0 Å². The van der Waals surface area contributed by atoms with Crippen LogP contribution in [-0.4, -0.2) is 39.6 Å². The Kier molecular flexibility index (Phi) is 5.15. The molecule has 0 heterocycles. The molecule has 0 bridgehead atoms. The first-order valence-electron chi connectivity index (χ1n) is 5.22. The van der Waals surface area contributed by atoms with Gasteiger partial charge in [0.15, 0.2) is 0 Å². The summed E-state index contributed by atoms with van der Waals surface area (Å²) >= 11 is 0. The predicted octanol–water partition coefficient (Wildman–Crippen LogP) is 0.537. The summed E-state index contributed by atoms with van der Waals surface area (Å²) in [6.07, 6.45) is -2.72. The lowest BCUT2D eigenvalue weighted by molar-refractivity contribution is 0.152. The number of nitrogens with two attached hydrogens (primary N) is 1. The normalized spacial score (nSPS) is 11.9. The van der Waals surface area contributed by atoms with Crippen molar-refractivity contribution in [1.82, 2.24) is 0 Å². The number of primary sulfonamides is 1. The van der Waals surface area contributed by atoms with Crippen LogP contribution < -0.4 is 10.0 Å². The predicted molar refractivity (Wildman–Crippen MR) is 63.1 cm³/mol. The van der Waals surface area contributed by atoms with Crippen molar-refractivity contribution in [2.24, 2.45) is 5.14 Å². The molecule has 0 aliphatic carbocycles. The lowest BCUT2D eigenvalue weighted by Crippen LogP contribution is -2.32. The Morgan fingerprint density at radius 1 is 1.37 bits per heavy atom. The Bertz CT molecular complexity index is 537. The van der Waals surface area contributed by atoms with E-state index in [2.05, 4.69) is 0 Å². The van der Waals surface area contributed by atoms with Crippen molar-refractivity contribution < 1.29 is 26.7 Å². The van der Waals surface area contributed by atoms with Crippen LogP contribution in [0.3, 0.4) is 0 Å². The number of nitrogens with zero attached hydrogens (tertiary/aromatic N) is 1. The van der Waals surface area contributed by atoms with Crippen molar-refractivity contribution in [3.63, 3.8) is 0 Å². The maximum absolute atomic E-state index is 13.7. The van der Waals surface area contributed by atoms with E-state index in [0.29, 0.717) is 6.07 Å². The first-order valence-corrected chi connectivity index (χ1v) is 6.76. The number of aliphatic hydroxyl groups is 1. The van der Waals surface area contributed by atoms with E-state index in [4.69, 9.17) is 10.2 Å². The van der Waals surface area contributed by atoms with Crippen molar-refractivity contribution in [3.05, 3.63) is 24.0 Å². The van der Waals surface area contributed by atoms with Gasteiger partial charge in [0, 0.05) is 6.54 Å². The van der Waals surface area contributed by atoms with Gasteiger partial charge in [-0.25, -0.2) is 26.7 Å². The lowest BCUT2D eigenvalue weighted by Gasteiger charge is -2.24. The lowest BCUT2D eigenvalue weighted by atomic mass is 10.2. The second-order valence-electron chi connectivity index (χ2n) is 3.72. The first-order chi connectivity index (χ1) is 8.75. The second-order valence-corrected chi connectivity index (χ2v) is 5.28. The molecule has 1 aromatic rings. The van der Waals surface area contributed by atoms with Gasteiger partial charge in [-0.05, 0) is 18.2 Å². The zero-order valence-corrected chi connectivity index (χ0v) is 10.6. The van der Waals surface area contributed by atoms with E-state index in [1.165, 1.54) is 0 Å². The van der Waals surface area contributed by atoms with Gasteiger partial charge in [-0.3, -0.25) is 0 Å². The molecule has 0 saturated carbocycles. The van der Waals surface area contributed by atoms with Crippen molar-refractivity contribution in [3.8, 4) is 0 Å². The highest BCUT2D eigenvalue weighted by Gasteiger charge is 2.18. The molecule has 0 spiro atoms. The van der Waals surface area contributed by atoms with Gasteiger partial charge in [0.25, 0.3) is 6.43 Å². The molecule has 108 valence electrons. The molecule has 5 nitrogen and oxygen atoms in total. The van der Waals surface area contributed by atoms with Crippen LogP contribution in [0.2, 0.25) is 0 Å². The SMILES string of the molecule is NS(=O)(=O)c1ccc(N(CCO)CC(F)F)c(F)c1. The third-order valence-electron chi connectivity index (χ3n) is 2.32. The monoisotopic (exact) mass is 298 g/mol. The summed E-state index contributed by atoms with van der Waals surface area (Å²) < 4.78 is 60.4. The van der Waals surface area contributed by atoms with Gasteiger partial charge in [-0.1, -0.05) is 0 Å². The standard InChI is InChI=1S/C10H13F3N2O3S/c11-8-5-7(19(14,17)18)1-2-9(8)15(3-4-16)6-10(12)13/h1-2,5,10,16H,3-4,6H2,(H2,14,17,18). The summed E-state index contributed by atoms with van der Waals surface area (Å²) in [5.74, 6) is -0.999. The largest absolute Gasteiger partial charge is 0.395 e. The number of alkyl halides is 2. The highest BCUT2D eigenvalue weighted by Crippen LogP contribution is 2.22. The average molecular weight is 298 g/mol. The van der Waals surface area contributed by atoms with Crippen molar-refractivity contribution in [2.75, 3.05) is 24.6 Å². The fraction of sp³-hybridized carbons (Fsp3) is 0.400. The minimum absolute atomic E-state index is 0.198. The minimum atomic E-state index is -4.06. The molecular weight excluding hydrogens is 285 g/mol. The van der Waals surface area contributed by atoms with Gasteiger partial charge in [0.2, 0.25) is 10.0 Å². The third kappa shape index (κ3) is 4.37. The van der Waals surface area contributed by atoms with E-state index >= 15 is 0 Å². The van der Waals surface area contributed by atoms with Crippen LogP contribution in [0.1, 0.15) is 0 Å². The second kappa shape index (κ2) is 6.22. The summed E-state index contributed by atoms with van der Waals surface area (Å²) in [4.78, 5) is 0.474. The molecule has 0 aromatic heterocycles. The molecule has 0 fully saturated rings. The number of hydrogen-bond donors (Lipinski definition) is 2. The highest BCUT2D eigenvalue weighted by molar-refractivity contribution is 7.89. The van der Waals surface area contributed by atoms with Crippen molar-refractivity contribution in [1.29, 1.82) is 0 Å². The molecule has 0 amide bonds. The van der Waals surface area contributed by atoms with E-state index in [1.54, 1.807) is 0 Å². The van der Waals surface area contributed by atoms with Gasteiger partial charge in [-0.15, -0.1) is 0 Å². The molecule has 1 aromatic carbocycles. The number of benzene rings is 1. The molecule has 9 heteroatoms. The number of rotatable bonds is 6. The highest BCUT2D eigenvalue weighted by atomic mass is 32.2. The van der Waals surface area contributed by atoms with Gasteiger partial charge in [0.05, 0.1) is 23.7 Å². The molecular formula is C10H13F3N2O3S. The molecule has 0 aliphatic heterocycles. The van der Waals surface area contributed by atoms with E-state index in [1.807, 2.05) is 0 Å². The first kappa shape index (κ1) is 15.7. The smallest absolute Gasteiger partial charge is 0.255 e. The fourth-order valence-electron chi connectivity index (χ4n) is 1.52. The zero-order chi connectivity index (χ0) is 14.6. The number of hydrogen-bond acceptors (Lipinski definition) is 4. The number of aliphatic hydroxyl groups excluding tert-OH is 1. The summed E-state index contributed by atoms with van der Waals surface area (Å²) in [5, 5.41) is 13.6. The number of halogens is 3. The van der Waals surface area contributed by atoms with Gasteiger partial charge in [0.1, 0.15) is 5.82 Å². The maximum atomic E-state index is 13.7. The Balaban J connectivity index is 3.11. The van der Waals surface area contributed by atoms with E-state index in [9.17, 15) is 21.6 Å². The molecule has 0 radical (unpaired) electrons. The van der Waals surface area contributed by atoms with Crippen LogP contribution in [0.4, 0.5) is 18.9 Å². The summed E-state index contributed by atoms with van der Waals surface area (Å²) in [7, 11) is -4.06. The van der Waals surface area contributed by atoms with E-state index in [-0.39, 0.29) is 12.2 Å². The quantitative estimate of drug-likeness (QED) is 0.803. The van der Waals surface area contributed by atoms with E-state index < -0.39 is 40.3 Å². The summed E-state index contributed by atoms with van der Waals surface area (Å²) in [6, 6.07) is 2.71. The van der Waals surface area contributed by atoms with Crippen LogP contribution >= 0.6 is 0 Å². The summed E-state index contributed by atoms with van der Waals surface area (Å²) in [6.45, 7) is -1.41. The Labute approximate surface area is 108 Å². The Morgan fingerprint density at radius 2 is 2.00 bits per heavy atom. The molecule has 0 saturated heterocycles. The third-order valence-corrected chi connectivity index (χ3v) is 3.23. The molecule has 0 aliphatic rings. The van der Waals surface area contributed by atoms with Gasteiger partial charge < -0.3 is 10.0 Å². The molecule has 3 N–H and O–H groups in total. The number of sulfonamides is 1.